The van der Waals surface area contributed by atoms with Crippen LogP contribution >= 0.6 is 0 Å². The molecule has 7 rings (SSSR count). The number of fused-ring (bicyclic) bond motifs is 1. The van der Waals surface area contributed by atoms with E-state index in [1.807, 2.05) is 33.7 Å². The zero-order valence-electron chi connectivity index (χ0n) is 19.5. The molecular formula is C26H34N4O3. The van der Waals surface area contributed by atoms with Crippen LogP contribution in [0.5, 0.6) is 0 Å². The number of imidazole rings is 1. The Hall–Kier alpha value is -2.41. The maximum Gasteiger partial charge on any atom is 0.268 e. The first-order valence-electron chi connectivity index (χ1n) is 12.6. The number of carbonyl (C=O) groups is 2. The molecule has 2 aromatic heterocycles. The topological polar surface area (TPSA) is 75.9 Å². The van der Waals surface area contributed by atoms with Crippen LogP contribution < -0.4 is 5.32 Å². The fourth-order valence-electron chi connectivity index (χ4n) is 7.61. The summed E-state index contributed by atoms with van der Waals surface area (Å²) in [6.45, 7) is 2.14. The number of nitrogens with zero attached hydrogens (tertiary/aromatic N) is 3. The van der Waals surface area contributed by atoms with Crippen LogP contribution in [0.15, 0.2) is 24.4 Å². The zero-order chi connectivity index (χ0) is 22.6. The van der Waals surface area contributed by atoms with E-state index in [2.05, 4.69) is 10.3 Å². The molecule has 0 spiro atoms. The SMILES string of the molecule is CO[C@H]1CCN(C(=O)Cc2cn3c(C(=O)NCC45CC6CC(CC(C6)C4)C5)cccc3n2)C1. The van der Waals surface area contributed by atoms with Gasteiger partial charge >= 0.3 is 0 Å². The number of aromatic nitrogens is 2. The molecule has 2 aromatic rings. The highest BCUT2D eigenvalue weighted by atomic mass is 16.5. The Morgan fingerprint density at radius 1 is 1.15 bits per heavy atom. The van der Waals surface area contributed by atoms with E-state index in [-0.39, 0.29) is 24.3 Å². The summed E-state index contributed by atoms with van der Waals surface area (Å²) in [5, 5.41) is 3.28. The third-order valence-corrected chi connectivity index (χ3v) is 8.73. The molecule has 1 aliphatic heterocycles. The van der Waals surface area contributed by atoms with Gasteiger partial charge in [-0.1, -0.05) is 6.07 Å². The van der Waals surface area contributed by atoms with Crippen molar-refractivity contribution < 1.29 is 14.3 Å². The van der Waals surface area contributed by atoms with Gasteiger partial charge in [-0.3, -0.25) is 14.0 Å². The van der Waals surface area contributed by atoms with Crippen molar-refractivity contribution in [1.29, 1.82) is 0 Å². The molecule has 3 heterocycles. The lowest BCUT2D eigenvalue weighted by atomic mass is 9.49. The average Bonchev–Trinajstić information content (AvgIpc) is 3.43. The predicted molar refractivity (Wildman–Crippen MR) is 124 cm³/mol. The van der Waals surface area contributed by atoms with Crippen LogP contribution in [0.25, 0.3) is 5.65 Å². The van der Waals surface area contributed by atoms with Gasteiger partial charge in [-0.25, -0.2) is 4.98 Å². The third kappa shape index (κ3) is 3.94. The highest BCUT2D eigenvalue weighted by molar-refractivity contribution is 5.93. The molecule has 176 valence electrons. The summed E-state index contributed by atoms with van der Waals surface area (Å²) in [7, 11) is 1.69. The molecule has 1 atom stereocenters. The van der Waals surface area contributed by atoms with E-state index >= 15 is 0 Å². The van der Waals surface area contributed by atoms with Gasteiger partial charge in [0.1, 0.15) is 11.3 Å². The second-order valence-corrected chi connectivity index (χ2v) is 11.1. The number of amides is 2. The van der Waals surface area contributed by atoms with E-state index in [1.165, 1.54) is 38.5 Å². The van der Waals surface area contributed by atoms with Gasteiger partial charge in [0.2, 0.25) is 5.91 Å². The van der Waals surface area contributed by atoms with Crippen molar-refractivity contribution >= 4 is 17.5 Å². The van der Waals surface area contributed by atoms with Crippen LogP contribution in [0.1, 0.15) is 61.1 Å². The van der Waals surface area contributed by atoms with Crippen molar-refractivity contribution in [2.75, 3.05) is 26.7 Å². The van der Waals surface area contributed by atoms with Gasteiger partial charge in [-0.15, -0.1) is 0 Å². The van der Waals surface area contributed by atoms with Gasteiger partial charge in [0.25, 0.3) is 5.91 Å². The quantitative estimate of drug-likeness (QED) is 0.734. The predicted octanol–water partition coefficient (Wildman–Crippen LogP) is 3.07. The lowest BCUT2D eigenvalue weighted by Crippen LogP contribution is -2.51. The molecule has 1 N–H and O–H groups in total. The number of carbonyl (C=O) groups excluding carboxylic acids is 2. The summed E-state index contributed by atoms with van der Waals surface area (Å²) in [6, 6.07) is 5.61. The number of pyridine rings is 1. The van der Waals surface area contributed by atoms with E-state index in [9.17, 15) is 9.59 Å². The molecule has 7 heteroatoms. The van der Waals surface area contributed by atoms with Crippen molar-refractivity contribution in [2.45, 2.75) is 57.5 Å². The first-order valence-corrected chi connectivity index (χ1v) is 12.6. The molecule has 0 radical (unpaired) electrons. The minimum atomic E-state index is -0.0471. The van der Waals surface area contributed by atoms with Gasteiger partial charge in [0.15, 0.2) is 0 Å². The Kier molecular flexibility index (Phi) is 5.20. The molecular weight excluding hydrogens is 416 g/mol. The highest BCUT2D eigenvalue weighted by Gasteiger charge is 2.50. The van der Waals surface area contributed by atoms with Gasteiger partial charge in [0.05, 0.1) is 18.2 Å². The Bertz CT molecular complexity index is 1040. The molecule has 0 unspecified atom stereocenters. The molecule has 5 aliphatic rings. The van der Waals surface area contributed by atoms with Crippen LogP contribution in [0, 0.1) is 23.2 Å². The normalized spacial score (nSPS) is 32.6. The molecule has 4 bridgehead atoms. The molecule has 4 saturated carbocycles. The number of hydrogen-bond acceptors (Lipinski definition) is 4. The number of methoxy groups -OCH3 is 1. The molecule has 2 amide bonds. The minimum Gasteiger partial charge on any atom is -0.380 e. The molecule has 4 aliphatic carbocycles. The first kappa shape index (κ1) is 21.1. The molecule has 7 nitrogen and oxygen atoms in total. The Labute approximate surface area is 194 Å². The number of hydrogen-bond donors (Lipinski definition) is 1. The average molecular weight is 451 g/mol. The number of ether oxygens (including phenoxy) is 1. The Balaban J connectivity index is 1.14. The fraction of sp³-hybridized carbons (Fsp3) is 0.654. The highest BCUT2D eigenvalue weighted by Crippen LogP contribution is 2.59. The van der Waals surface area contributed by atoms with E-state index in [4.69, 9.17) is 4.74 Å². The van der Waals surface area contributed by atoms with Crippen LogP contribution in [0.2, 0.25) is 0 Å². The number of nitrogens with one attached hydrogen (secondary N) is 1. The summed E-state index contributed by atoms with van der Waals surface area (Å²) in [5.74, 6) is 2.64. The second kappa shape index (κ2) is 8.12. The summed E-state index contributed by atoms with van der Waals surface area (Å²) < 4.78 is 7.21. The van der Waals surface area contributed by atoms with E-state index in [1.54, 1.807) is 7.11 Å². The van der Waals surface area contributed by atoms with Crippen molar-refractivity contribution in [3.05, 3.63) is 35.8 Å². The first-order chi connectivity index (χ1) is 16.0. The maximum atomic E-state index is 13.2. The van der Waals surface area contributed by atoms with Crippen LogP contribution in [-0.2, 0) is 16.0 Å². The smallest absolute Gasteiger partial charge is 0.268 e. The van der Waals surface area contributed by atoms with Gasteiger partial charge in [-0.05, 0) is 80.2 Å². The van der Waals surface area contributed by atoms with E-state index in [0.717, 1.165) is 37.3 Å². The maximum absolute atomic E-state index is 13.2. The number of likely N-dealkylation sites (tertiary alicyclic amines) is 1. The third-order valence-electron chi connectivity index (χ3n) is 8.73. The standard InChI is InChI=1S/C26H34N4O3/c1-33-21-5-6-29(15-21)24(31)10-20-14-30-22(3-2-4-23(30)28-20)25(32)27-16-26-11-17-7-18(12-26)9-19(8-17)13-26/h2-4,14,17-19,21H,5-13,15-16H2,1H3,(H,27,32)/t17?,18?,19?,21-,26?/m0/s1. The van der Waals surface area contributed by atoms with Gasteiger partial charge < -0.3 is 15.0 Å². The monoisotopic (exact) mass is 450 g/mol. The molecule has 0 aromatic carbocycles. The van der Waals surface area contributed by atoms with Crippen molar-refractivity contribution in [2.24, 2.45) is 23.2 Å². The van der Waals surface area contributed by atoms with Crippen molar-refractivity contribution in [3.63, 3.8) is 0 Å². The van der Waals surface area contributed by atoms with E-state index < -0.39 is 0 Å². The van der Waals surface area contributed by atoms with Crippen molar-refractivity contribution in [1.82, 2.24) is 19.6 Å². The molecule has 5 fully saturated rings. The van der Waals surface area contributed by atoms with Crippen LogP contribution in [-0.4, -0.2) is 58.9 Å². The van der Waals surface area contributed by atoms with Gasteiger partial charge in [0, 0.05) is 32.9 Å². The molecule has 33 heavy (non-hydrogen) atoms. The zero-order valence-corrected chi connectivity index (χ0v) is 19.5. The van der Waals surface area contributed by atoms with Crippen LogP contribution in [0.4, 0.5) is 0 Å². The minimum absolute atomic E-state index is 0.0471. The summed E-state index contributed by atoms with van der Waals surface area (Å²) in [4.78, 5) is 32.4. The summed E-state index contributed by atoms with van der Waals surface area (Å²) >= 11 is 0. The lowest BCUT2D eigenvalue weighted by molar-refractivity contribution is -0.129. The lowest BCUT2D eigenvalue weighted by Gasteiger charge is -2.56. The van der Waals surface area contributed by atoms with Gasteiger partial charge in [-0.2, -0.15) is 0 Å². The fourth-order valence-corrected chi connectivity index (χ4v) is 7.61. The Morgan fingerprint density at radius 3 is 2.55 bits per heavy atom. The van der Waals surface area contributed by atoms with E-state index in [0.29, 0.717) is 29.0 Å². The summed E-state index contributed by atoms with van der Waals surface area (Å²) in [5.41, 5.74) is 2.29. The summed E-state index contributed by atoms with van der Waals surface area (Å²) in [6.07, 6.45) is 11.2. The second-order valence-electron chi connectivity index (χ2n) is 11.1. The largest absolute Gasteiger partial charge is 0.380 e. The number of rotatable bonds is 6. The van der Waals surface area contributed by atoms with Crippen molar-refractivity contribution in [3.8, 4) is 0 Å². The molecule has 1 saturated heterocycles. The Morgan fingerprint density at radius 2 is 1.88 bits per heavy atom. The van der Waals surface area contributed by atoms with Crippen LogP contribution in [0.3, 0.4) is 0 Å².